The monoisotopic (exact) mass is 398 g/mol. The van der Waals surface area contributed by atoms with Gasteiger partial charge in [0.25, 0.3) is 5.91 Å². The van der Waals surface area contributed by atoms with Crippen molar-refractivity contribution in [2.75, 3.05) is 0 Å². The molecule has 152 valence electrons. The number of amides is 1. The molecule has 3 aromatic carbocycles. The number of aliphatic hydroxyl groups is 1. The Morgan fingerprint density at radius 2 is 1.43 bits per heavy atom. The number of nitrogens with one attached hydrogen (secondary N) is 1. The number of hydrogen-bond acceptors (Lipinski definition) is 3. The van der Waals surface area contributed by atoms with Crippen LogP contribution in [-0.4, -0.2) is 16.7 Å². The van der Waals surface area contributed by atoms with E-state index in [1.807, 2.05) is 19.1 Å². The molecule has 0 unspecified atom stereocenters. The summed E-state index contributed by atoms with van der Waals surface area (Å²) in [4.78, 5) is 13.2. The second kappa shape index (κ2) is 8.64. The lowest BCUT2D eigenvalue weighted by Gasteiger charge is -2.27. The summed E-state index contributed by atoms with van der Waals surface area (Å²) in [7, 11) is 0. The van der Waals surface area contributed by atoms with Gasteiger partial charge in [0, 0.05) is 0 Å². The van der Waals surface area contributed by atoms with Crippen LogP contribution in [0.15, 0.2) is 84.0 Å². The first kappa shape index (κ1) is 20.0. The Hall–Kier alpha value is -3.24. The van der Waals surface area contributed by atoms with Crippen LogP contribution < -0.4 is 5.43 Å². The summed E-state index contributed by atoms with van der Waals surface area (Å²) in [6.07, 6.45) is 4.67. The van der Waals surface area contributed by atoms with E-state index in [-0.39, 0.29) is 0 Å². The number of aryl methyl sites for hydroxylation is 2. The van der Waals surface area contributed by atoms with Crippen molar-refractivity contribution < 1.29 is 9.90 Å². The summed E-state index contributed by atoms with van der Waals surface area (Å²) in [5.74, 6) is -0.586. The molecule has 4 rings (SSSR count). The van der Waals surface area contributed by atoms with Crippen molar-refractivity contribution >= 4 is 11.6 Å². The van der Waals surface area contributed by atoms with Gasteiger partial charge in [-0.3, -0.25) is 4.79 Å². The largest absolute Gasteiger partial charge is 0.372 e. The molecule has 2 N–H and O–H groups in total. The molecule has 3 aromatic rings. The van der Waals surface area contributed by atoms with Crippen molar-refractivity contribution in [1.82, 2.24) is 5.43 Å². The highest BCUT2D eigenvalue weighted by Crippen LogP contribution is 2.30. The lowest BCUT2D eigenvalue weighted by atomic mass is 9.85. The molecule has 1 aliphatic rings. The molecule has 0 fully saturated rings. The van der Waals surface area contributed by atoms with Crippen molar-refractivity contribution in [1.29, 1.82) is 0 Å². The van der Waals surface area contributed by atoms with E-state index >= 15 is 0 Å². The van der Waals surface area contributed by atoms with E-state index in [0.717, 1.165) is 18.4 Å². The number of fused-ring (bicyclic) bond motifs is 1. The van der Waals surface area contributed by atoms with Gasteiger partial charge in [-0.15, -0.1) is 0 Å². The first-order valence-corrected chi connectivity index (χ1v) is 10.4. The van der Waals surface area contributed by atoms with Gasteiger partial charge in [0.05, 0.1) is 5.71 Å². The Morgan fingerprint density at radius 3 is 2.03 bits per heavy atom. The predicted molar refractivity (Wildman–Crippen MR) is 119 cm³/mol. The molecule has 0 saturated carbocycles. The molecule has 1 amide bonds. The van der Waals surface area contributed by atoms with Gasteiger partial charge in [-0.05, 0) is 66.5 Å². The molecule has 0 aromatic heterocycles. The van der Waals surface area contributed by atoms with Gasteiger partial charge >= 0.3 is 0 Å². The molecular formula is C26H26N2O2. The summed E-state index contributed by atoms with van der Waals surface area (Å²) in [5, 5.41) is 15.8. The maximum absolute atomic E-state index is 13.2. The zero-order chi connectivity index (χ0) is 21.0. The normalized spacial score (nSPS) is 14.1. The predicted octanol–water partition coefficient (Wildman–Crippen LogP) is 4.34. The van der Waals surface area contributed by atoms with Crippen LogP contribution in [0.4, 0.5) is 0 Å². The second-order valence-corrected chi connectivity index (χ2v) is 7.77. The fourth-order valence-electron chi connectivity index (χ4n) is 4.03. The van der Waals surface area contributed by atoms with E-state index in [1.54, 1.807) is 48.5 Å². The second-order valence-electron chi connectivity index (χ2n) is 7.77. The fraction of sp³-hybridized carbons (Fsp3) is 0.231. The molecule has 0 spiro atoms. The SMILES string of the molecule is C/C(=N\NC(=O)C(O)(c1ccccc1)c1ccccc1)c1ccc2c(c1)CCCC2. The number of carbonyl (C=O) groups excluding carboxylic acids is 1. The van der Waals surface area contributed by atoms with Gasteiger partial charge in [0.1, 0.15) is 0 Å². The third kappa shape index (κ3) is 3.91. The van der Waals surface area contributed by atoms with Crippen molar-refractivity contribution in [3.05, 3.63) is 107 Å². The smallest absolute Gasteiger partial charge is 0.281 e. The van der Waals surface area contributed by atoms with E-state index in [1.165, 1.54) is 24.0 Å². The molecule has 0 aliphatic heterocycles. The average Bonchev–Trinajstić information content (AvgIpc) is 2.82. The Labute approximate surface area is 177 Å². The Balaban J connectivity index is 1.62. The number of benzene rings is 3. The number of hydrazone groups is 1. The van der Waals surface area contributed by atoms with Crippen molar-refractivity contribution in [2.45, 2.75) is 38.2 Å². The van der Waals surface area contributed by atoms with Gasteiger partial charge in [0.2, 0.25) is 0 Å². The summed E-state index contributed by atoms with van der Waals surface area (Å²) in [6.45, 7) is 1.87. The molecule has 1 aliphatic carbocycles. The molecule has 30 heavy (non-hydrogen) atoms. The van der Waals surface area contributed by atoms with E-state index in [2.05, 4.69) is 28.7 Å². The van der Waals surface area contributed by atoms with Crippen molar-refractivity contribution in [3.8, 4) is 0 Å². The maximum atomic E-state index is 13.2. The molecule has 0 saturated heterocycles. The lowest BCUT2D eigenvalue weighted by molar-refractivity contribution is -0.136. The van der Waals surface area contributed by atoms with Crippen LogP contribution in [0.2, 0.25) is 0 Å². The average molecular weight is 399 g/mol. The van der Waals surface area contributed by atoms with Gasteiger partial charge in [-0.1, -0.05) is 72.8 Å². The van der Waals surface area contributed by atoms with E-state index in [0.29, 0.717) is 16.8 Å². The highest BCUT2D eigenvalue weighted by molar-refractivity contribution is 6.00. The number of nitrogens with zero attached hydrogens (tertiary/aromatic N) is 1. The molecule has 0 bridgehead atoms. The summed E-state index contributed by atoms with van der Waals surface area (Å²) in [5.41, 5.74) is 6.22. The number of hydrogen-bond donors (Lipinski definition) is 2. The molecule has 4 heteroatoms. The van der Waals surface area contributed by atoms with Crippen LogP contribution >= 0.6 is 0 Å². The van der Waals surface area contributed by atoms with Crippen molar-refractivity contribution in [2.24, 2.45) is 5.10 Å². The molecule has 0 radical (unpaired) electrons. The summed E-state index contributed by atoms with van der Waals surface area (Å²) in [6, 6.07) is 24.3. The summed E-state index contributed by atoms with van der Waals surface area (Å²) < 4.78 is 0. The van der Waals surface area contributed by atoms with Crippen LogP contribution in [-0.2, 0) is 23.2 Å². The third-order valence-electron chi connectivity index (χ3n) is 5.80. The highest BCUT2D eigenvalue weighted by atomic mass is 16.3. The van der Waals surface area contributed by atoms with Crippen LogP contribution in [0.25, 0.3) is 0 Å². The van der Waals surface area contributed by atoms with Gasteiger partial charge < -0.3 is 5.11 Å². The van der Waals surface area contributed by atoms with E-state index < -0.39 is 11.5 Å². The van der Waals surface area contributed by atoms with Crippen LogP contribution in [0.3, 0.4) is 0 Å². The Kier molecular flexibility index (Phi) is 5.77. The molecule has 0 heterocycles. The quantitative estimate of drug-likeness (QED) is 0.496. The zero-order valence-corrected chi connectivity index (χ0v) is 17.1. The van der Waals surface area contributed by atoms with Gasteiger partial charge in [-0.2, -0.15) is 5.10 Å². The minimum atomic E-state index is -1.83. The summed E-state index contributed by atoms with van der Waals surface area (Å²) >= 11 is 0. The maximum Gasteiger partial charge on any atom is 0.281 e. The number of carbonyl (C=O) groups is 1. The lowest BCUT2D eigenvalue weighted by Crippen LogP contribution is -2.43. The molecule has 4 nitrogen and oxygen atoms in total. The Morgan fingerprint density at radius 1 is 0.867 bits per heavy atom. The fourth-order valence-corrected chi connectivity index (χ4v) is 4.03. The third-order valence-corrected chi connectivity index (χ3v) is 5.80. The molecular weight excluding hydrogens is 372 g/mol. The van der Waals surface area contributed by atoms with Crippen LogP contribution in [0.1, 0.15) is 47.6 Å². The Bertz CT molecular complexity index is 1020. The minimum Gasteiger partial charge on any atom is -0.372 e. The van der Waals surface area contributed by atoms with E-state index in [4.69, 9.17) is 0 Å². The van der Waals surface area contributed by atoms with Gasteiger partial charge in [-0.25, -0.2) is 5.43 Å². The first-order valence-electron chi connectivity index (χ1n) is 10.4. The standard InChI is InChI=1S/C26H26N2O2/c1-19(21-17-16-20-10-8-9-11-22(20)18-21)27-28-25(29)26(30,23-12-4-2-5-13-23)24-14-6-3-7-15-24/h2-7,12-18,30H,8-11H2,1H3,(H,28,29)/b27-19+. The van der Waals surface area contributed by atoms with Crippen LogP contribution in [0.5, 0.6) is 0 Å². The number of rotatable bonds is 5. The van der Waals surface area contributed by atoms with Crippen molar-refractivity contribution in [3.63, 3.8) is 0 Å². The molecule has 0 atom stereocenters. The topological polar surface area (TPSA) is 61.7 Å². The van der Waals surface area contributed by atoms with Crippen LogP contribution in [0, 0.1) is 0 Å². The first-order chi connectivity index (χ1) is 14.6. The highest BCUT2D eigenvalue weighted by Gasteiger charge is 2.39. The zero-order valence-electron chi connectivity index (χ0n) is 17.1. The minimum absolute atomic E-state index is 0.496. The van der Waals surface area contributed by atoms with E-state index in [9.17, 15) is 9.90 Å². The van der Waals surface area contributed by atoms with Gasteiger partial charge in [0.15, 0.2) is 5.60 Å².